The molecular formula is C32H35F6N5O4. The van der Waals surface area contributed by atoms with Crippen molar-refractivity contribution in [2.45, 2.75) is 62.6 Å². The van der Waals surface area contributed by atoms with E-state index in [1.54, 1.807) is 11.2 Å². The number of imidazole rings is 1. The molecule has 1 saturated heterocycles. The minimum atomic E-state index is -5.00. The summed E-state index contributed by atoms with van der Waals surface area (Å²) in [6, 6.07) is 9.57. The normalized spacial score (nSPS) is 20.5. The molecule has 0 bridgehead atoms. The molecule has 2 fully saturated rings. The van der Waals surface area contributed by atoms with Gasteiger partial charge >= 0.3 is 18.4 Å². The highest BCUT2D eigenvalue weighted by molar-refractivity contribution is 5.98. The second-order valence-corrected chi connectivity index (χ2v) is 11.5. The Balaban J connectivity index is 1.39. The Hall–Kier alpha value is -4.27. The molecular weight excluding hydrogens is 632 g/mol. The molecule has 0 spiro atoms. The number of carbonyl (C=O) groups is 2. The molecule has 15 heteroatoms. The zero-order valence-corrected chi connectivity index (χ0v) is 25.5. The van der Waals surface area contributed by atoms with Crippen LogP contribution in [0.5, 0.6) is 5.75 Å². The van der Waals surface area contributed by atoms with Crippen molar-refractivity contribution in [2.75, 3.05) is 33.3 Å². The molecule has 2 heterocycles. The van der Waals surface area contributed by atoms with Crippen molar-refractivity contribution in [1.82, 2.24) is 25.1 Å². The molecule has 1 aromatic heterocycles. The zero-order chi connectivity index (χ0) is 33.8. The monoisotopic (exact) mass is 667 g/mol. The summed E-state index contributed by atoms with van der Waals surface area (Å²) in [5, 5.41) is 5.67. The van der Waals surface area contributed by atoms with Gasteiger partial charge in [0.25, 0.3) is 5.91 Å². The van der Waals surface area contributed by atoms with Crippen molar-refractivity contribution in [1.29, 1.82) is 0 Å². The van der Waals surface area contributed by atoms with Gasteiger partial charge in [-0.25, -0.2) is 9.78 Å². The fourth-order valence-electron chi connectivity index (χ4n) is 6.13. The predicted molar refractivity (Wildman–Crippen MR) is 159 cm³/mol. The Kier molecular flexibility index (Phi) is 10.3. The standard InChI is InChI=1S/C32H35F6N5O4/c1-39-30(45)47-26-10-6-5-9-25(26)43-19-41-27(28(43)20-7-3-2-4-8-20)29(44)42-13-12-40-18-23(42)11-14-46-24-16-21(31(33,34)35)15-22(17-24)32(36,37)38/h2-4,7-8,15-17,19,23,25-26,40H,5-6,9-14,18H2,1H3,(H,39,45)/t23-,25?,26?/m0/s1. The van der Waals surface area contributed by atoms with Crippen LogP contribution in [0.25, 0.3) is 11.3 Å². The number of amides is 2. The maximum Gasteiger partial charge on any atom is 0.416 e. The molecule has 47 heavy (non-hydrogen) atoms. The number of nitrogens with one attached hydrogen (secondary N) is 2. The molecule has 2 amide bonds. The summed E-state index contributed by atoms with van der Waals surface area (Å²) in [6.07, 6.45) is -6.17. The van der Waals surface area contributed by atoms with E-state index in [0.29, 0.717) is 43.8 Å². The van der Waals surface area contributed by atoms with Crippen LogP contribution in [0.4, 0.5) is 31.1 Å². The quantitative estimate of drug-likeness (QED) is 0.274. The van der Waals surface area contributed by atoms with E-state index in [2.05, 4.69) is 15.6 Å². The first-order valence-electron chi connectivity index (χ1n) is 15.3. The fraction of sp³-hybridized carbons (Fsp3) is 0.469. The number of alkyl halides is 6. The number of benzene rings is 2. The number of ether oxygens (including phenoxy) is 2. The van der Waals surface area contributed by atoms with Crippen LogP contribution in [0.2, 0.25) is 0 Å². The summed E-state index contributed by atoms with van der Waals surface area (Å²) in [5.74, 6) is -0.952. The molecule has 2 N–H and O–H groups in total. The first-order valence-corrected chi connectivity index (χ1v) is 15.3. The van der Waals surface area contributed by atoms with Gasteiger partial charge in [-0.15, -0.1) is 0 Å². The van der Waals surface area contributed by atoms with E-state index in [4.69, 9.17) is 9.47 Å². The zero-order valence-electron chi connectivity index (χ0n) is 25.5. The molecule has 1 aliphatic carbocycles. The summed E-state index contributed by atoms with van der Waals surface area (Å²) >= 11 is 0. The number of nitrogens with zero attached hydrogens (tertiary/aromatic N) is 3. The van der Waals surface area contributed by atoms with Crippen LogP contribution in [-0.2, 0) is 17.1 Å². The van der Waals surface area contributed by atoms with Crippen molar-refractivity contribution in [3.05, 3.63) is 71.7 Å². The van der Waals surface area contributed by atoms with E-state index < -0.39 is 47.5 Å². The molecule has 0 radical (unpaired) electrons. The highest BCUT2D eigenvalue weighted by atomic mass is 19.4. The summed E-state index contributed by atoms with van der Waals surface area (Å²) in [6.45, 7) is 0.850. The van der Waals surface area contributed by atoms with Crippen molar-refractivity contribution >= 4 is 12.0 Å². The average Bonchev–Trinajstić information content (AvgIpc) is 3.49. The van der Waals surface area contributed by atoms with Gasteiger partial charge in [-0.2, -0.15) is 26.3 Å². The van der Waals surface area contributed by atoms with Gasteiger partial charge < -0.3 is 29.6 Å². The highest BCUT2D eigenvalue weighted by Gasteiger charge is 2.38. The van der Waals surface area contributed by atoms with Crippen LogP contribution in [0.3, 0.4) is 0 Å². The maximum absolute atomic E-state index is 14.2. The van der Waals surface area contributed by atoms with Gasteiger partial charge in [0.15, 0.2) is 5.69 Å². The van der Waals surface area contributed by atoms with Crippen LogP contribution in [-0.4, -0.2) is 71.9 Å². The maximum atomic E-state index is 14.2. The first kappa shape index (κ1) is 34.1. The number of hydrogen-bond acceptors (Lipinski definition) is 6. The van der Waals surface area contributed by atoms with Crippen LogP contribution < -0.4 is 15.4 Å². The van der Waals surface area contributed by atoms with Gasteiger partial charge in [0.2, 0.25) is 0 Å². The minimum absolute atomic E-state index is 0.0436. The Labute approximate surface area is 267 Å². The third kappa shape index (κ3) is 8.00. The first-order chi connectivity index (χ1) is 22.4. The third-order valence-corrected chi connectivity index (χ3v) is 8.42. The van der Waals surface area contributed by atoms with E-state index in [1.807, 2.05) is 34.9 Å². The van der Waals surface area contributed by atoms with Crippen LogP contribution in [0.15, 0.2) is 54.9 Å². The van der Waals surface area contributed by atoms with Gasteiger partial charge in [0.1, 0.15) is 11.9 Å². The van der Waals surface area contributed by atoms with Gasteiger partial charge in [-0.3, -0.25) is 4.79 Å². The molecule has 254 valence electrons. The van der Waals surface area contributed by atoms with E-state index in [0.717, 1.165) is 18.4 Å². The molecule has 3 atom stereocenters. The molecule has 2 aromatic carbocycles. The highest BCUT2D eigenvalue weighted by Crippen LogP contribution is 2.39. The Bertz CT molecular complexity index is 1510. The number of piperazine rings is 1. The van der Waals surface area contributed by atoms with Crippen molar-refractivity contribution in [3.63, 3.8) is 0 Å². The predicted octanol–water partition coefficient (Wildman–Crippen LogP) is 6.31. The summed E-state index contributed by atoms with van der Waals surface area (Å²) < 4.78 is 92.9. The van der Waals surface area contributed by atoms with E-state index in [-0.39, 0.29) is 43.3 Å². The molecule has 2 unspecified atom stereocenters. The minimum Gasteiger partial charge on any atom is -0.493 e. The van der Waals surface area contributed by atoms with Crippen molar-refractivity contribution < 1.29 is 45.4 Å². The third-order valence-electron chi connectivity index (χ3n) is 8.42. The second kappa shape index (κ2) is 14.2. The van der Waals surface area contributed by atoms with Gasteiger partial charge in [-0.1, -0.05) is 36.8 Å². The van der Waals surface area contributed by atoms with Crippen LogP contribution >= 0.6 is 0 Å². The Morgan fingerprint density at radius 2 is 1.68 bits per heavy atom. The fourth-order valence-corrected chi connectivity index (χ4v) is 6.13. The van der Waals surface area contributed by atoms with Gasteiger partial charge in [0, 0.05) is 44.7 Å². The largest absolute Gasteiger partial charge is 0.493 e. The van der Waals surface area contributed by atoms with Crippen LogP contribution in [0, 0.1) is 0 Å². The second-order valence-electron chi connectivity index (χ2n) is 11.5. The van der Waals surface area contributed by atoms with E-state index in [1.165, 1.54) is 7.05 Å². The molecule has 5 rings (SSSR count). The lowest BCUT2D eigenvalue weighted by molar-refractivity contribution is -0.143. The number of hydrogen-bond donors (Lipinski definition) is 2. The number of halogens is 6. The van der Waals surface area contributed by atoms with E-state index in [9.17, 15) is 35.9 Å². The lowest BCUT2D eigenvalue weighted by Crippen LogP contribution is -2.54. The van der Waals surface area contributed by atoms with Crippen molar-refractivity contribution in [3.8, 4) is 17.0 Å². The SMILES string of the molecule is CNC(=O)OC1CCCCC1n1cnc(C(=O)N2CCNC[C@@H]2CCOc2cc(C(F)(F)F)cc(C(F)(F)F)c2)c1-c1ccccc1. The Morgan fingerprint density at radius 3 is 2.34 bits per heavy atom. The van der Waals surface area contributed by atoms with E-state index >= 15 is 0 Å². The average molecular weight is 668 g/mol. The van der Waals surface area contributed by atoms with Gasteiger partial charge in [0.05, 0.1) is 35.8 Å². The number of alkyl carbamates (subject to hydrolysis) is 1. The lowest BCUT2D eigenvalue weighted by atomic mass is 9.91. The summed E-state index contributed by atoms with van der Waals surface area (Å²) in [7, 11) is 1.48. The molecule has 3 aromatic rings. The Morgan fingerprint density at radius 1 is 1.00 bits per heavy atom. The van der Waals surface area contributed by atoms with Crippen LogP contribution in [0.1, 0.15) is 59.8 Å². The molecule has 2 aliphatic rings. The molecule has 9 nitrogen and oxygen atoms in total. The lowest BCUT2D eigenvalue weighted by Gasteiger charge is -2.36. The van der Waals surface area contributed by atoms with Gasteiger partial charge in [-0.05, 0) is 37.5 Å². The topological polar surface area (TPSA) is 97.7 Å². The number of rotatable bonds is 8. The number of carbonyl (C=O) groups excluding carboxylic acids is 2. The summed E-state index contributed by atoms with van der Waals surface area (Å²) in [5.41, 5.74) is -1.46. The smallest absolute Gasteiger partial charge is 0.416 e. The summed E-state index contributed by atoms with van der Waals surface area (Å²) in [4.78, 5) is 32.5. The van der Waals surface area contributed by atoms with Crippen molar-refractivity contribution in [2.24, 2.45) is 0 Å². The molecule has 1 aliphatic heterocycles. The number of aromatic nitrogens is 2. The molecule has 1 saturated carbocycles.